The van der Waals surface area contributed by atoms with Crippen LogP contribution in [-0.2, 0) is 18.3 Å². The molecular formula is C26H48N3O10PS. The number of H-pyrrole nitrogens is 1. The molecule has 15 heteroatoms. The molecule has 0 bridgehead atoms. The number of nitrogens with zero attached hydrogens (tertiary/aromatic N) is 1. The lowest BCUT2D eigenvalue weighted by Crippen LogP contribution is -2.45. The fourth-order valence-electron chi connectivity index (χ4n) is 4.58. The maximum Gasteiger partial charge on any atom is 0.472 e. The fourth-order valence-corrected chi connectivity index (χ4v) is 5.48. The van der Waals surface area contributed by atoms with Crippen molar-refractivity contribution in [1.82, 2.24) is 9.55 Å². The van der Waals surface area contributed by atoms with Crippen LogP contribution in [0.2, 0.25) is 0 Å². The van der Waals surface area contributed by atoms with Crippen LogP contribution in [0.5, 0.6) is 0 Å². The number of nitrogens with one attached hydrogen (secondary N) is 1. The molecule has 0 radical (unpaired) electrons. The number of aliphatic hydroxyl groups is 4. The predicted octanol–water partition coefficient (Wildman–Crippen LogP) is 2.41. The molecule has 0 amide bonds. The molecule has 41 heavy (non-hydrogen) atoms. The van der Waals surface area contributed by atoms with E-state index >= 15 is 0 Å². The summed E-state index contributed by atoms with van der Waals surface area (Å²) in [6.45, 7) is -0.640. The van der Waals surface area contributed by atoms with Gasteiger partial charge < -0.3 is 35.8 Å². The van der Waals surface area contributed by atoms with E-state index < -0.39 is 68.8 Å². The van der Waals surface area contributed by atoms with E-state index in [1.807, 2.05) is 0 Å². The molecule has 1 saturated heterocycles. The number of phosphoric acid groups is 1. The summed E-state index contributed by atoms with van der Waals surface area (Å²) in [7, 11) is -5.21. The molecule has 1 aromatic rings. The minimum atomic E-state index is -5.21. The Balaban J connectivity index is 1.84. The number of hydrogen-bond donors (Lipinski definition) is 7. The molecule has 0 spiro atoms. The van der Waals surface area contributed by atoms with Gasteiger partial charge in [-0.1, -0.05) is 71.1 Å². The molecule has 238 valence electrons. The largest absolute Gasteiger partial charge is 0.472 e. The fraction of sp³-hybridized carbons (Fsp3) is 0.846. The Kier molecular flexibility index (Phi) is 13.9. The summed E-state index contributed by atoms with van der Waals surface area (Å²) < 4.78 is 44.7. The Morgan fingerprint density at radius 2 is 1.78 bits per heavy atom. The minimum absolute atomic E-state index is 0.189. The highest BCUT2D eigenvalue weighted by Crippen LogP contribution is 2.45. The van der Waals surface area contributed by atoms with Crippen molar-refractivity contribution in [2.24, 2.45) is 5.73 Å². The van der Waals surface area contributed by atoms with E-state index in [0.717, 1.165) is 36.8 Å². The maximum atomic E-state index is 12.6. The van der Waals surface area contributed by atoms with Crippen LogP contribution in [0.1, 0.15) is 93.4 Å². The number of aromatic amines is 1. The smallest absolute Gasteiger partial charge is 0.390 e. The van der Waals surface area contributed by atoms with Crippen molar-refractivity contribution in [3.63, 3.8) is 0 Å². The zero-order valence-electron chi connectivity index (χ0n) is 25.8. The van der Waals surface area contributed by atoms with Crippen LogP contribution in [0.15, 0.2) is 17.1 Å². The van der Waals surface area contributed by atoms with Crippen LogP contribution >= 0.6 is 20.0 Å². The number of hydrogen-bond acceptors (Lipinski definition) is 11. The number of unbranched alkanes of at least 4 members (excludes halogenated alkanes) is 9. The third-order valence-corrected chi connectivity index (χ3v) is 8.29. The Morgan fingerprint density at radius 3 is 2.37 bits per heavy atom. The maximum absolute atomic E-state index is 12.6. The highest BCUT2D eigenvalue weighted by molar-refractivity contribution is 7.71. The molecule has 1 aromatic heterocycles. The topological polar surface area (TPSA) is 210 Å². The molecule has 2 rings (SSSR count). The number of ether oxygens (including phenoxy) is 1. The van der Waals surface area contributed by atoms with Gasteiger partial charge in [-0.15, -0.1) is 0 Å². The van der Waals surface area contributed by atoms with Crippen LogP contribution in [0.4, 0.5) is 0 Å². The first-order valence-electron chi connectivity index (χ1n) is 15.2. The van der Waals surface area contributed by atoms with Crippen LogP contribution in [-0.4, -0.2) is 84.1 Å². The lowest BCUT2D eigenvalue weighted by atomic mass is 9.96. The molecule has 13 nitrogen and oxygen atoms in total. The molecular weight excluding hydrogens is 577 g/mol. The van der Waals surface area contributed by atoms with E-state index in [2.05, 4.69) is 16.4 Å². The van der Waals surface area contributed by atoms with Crippen LogP contribution in [0.25, 0.3) is 0 Å². The van der Waals surface area contributed by atoms with E-state index in [1.165, 1.54) is 44.7 Å². The first-order valence-corrected chi connectivity index (χ1v) is 16.1. The summed E-state index contributed by atoms with van der Waals surface area (Å²) in [5, 5.41) is 42.1. The third-order valence-electron chi connectivity index (χ3n) is 7.17. The second-order valence-electron chi connectivity index (χ2n) is 10.8. The summed E-state index contributed by atoms with van der Waals surface area (Å²) in [4.78, 5) is 24.0. The van der Waals surface area contributed by atoms with E-state index in [0.29, 0.717) is 6.42 Å². The van der Waals surface area contributed by atoms with Crippen molar-refractivity contribution < 1.29 is 46.4 Å². The van der Waals surface area contributed by atoms with E-state index in [9.17, 15) is 34.7 Å². The van der Waals surface area contributed by atoms with E-state index in [1.54, 1.807) is 0 Å². The first kappa shape index (κ1) is 32.9. The molecule has 8 N–H and O–H groups in total. The highest BCUT2D eigenvalue weighted by atomic mass is 32.1. The van der Waals surface area contributed by atoms with Gasteiger partial charge >= 0.3 is 7.82 Å². The standard InChI is InChI=1S/C26H48N3O10PS/c1-3-4-5-6-7-8-9-10-11-12-13-19(30)22(32)18(27)16-37-40(35,36)38-17-20-23(33)26(2,34)24(39-20)29-15-14-21(31)28-25(29)41/h14-15,18-20,22-24,30,32-34H,3-13,16-17,27H2,1-2H3,(H,35,36)(H,28,31,41)/t18?,19?,20-,22?,23+,24-,26?/m1/s1/i17D2. The molecule has 0 aliphatic carbocycles. The summed E-state index contributed by atoms with van der Waals surface area (Å²) in [5.41, 5.74) is 3.13. The third kappa shape index (κ3) is 11.5. The lowest BCUT2D eigenvalue weighted by Gasteiger charge is -2.28. The van der Waals surface area contributed by atoms with Crippen molar-refractivity contribution in [2.75, 3.05) is 13.2 Å². The van der Waals surface area contributed by atoms with Gasteiger partial charge in [-0.3, -0.25) is 23.4 Å². The van der Waals surface area contributed by atoms with Crippen LogP contribution in [0, 0.1) is 4.77 Å². The number of rotatable bonds is 20. The van der Waals surface area contributed by atoms with Crippen LogP contribution in [0.3, 0.4) is 0 Å². The molecule has 1 aliphatic rings. The normalized spacial score (nSPS) is 27.6. The molecule has 0 saturated carbocycles. The lowest BCUT2D eigenvalue weighted by molar-refractivity contribution is -0.0979. The molecule has 5 unspecified atom stereocenters. The van der Waals surface area contributed by atoms with E-state index in [-0.39, 0.29) is 11.2 Å². The first-order chi connectivity index (χ1) is 20.0. The average molecular weight is 628 g/mol. The average Bonchev–Trinajstić information content (AvgIpc) is 3.16. The summed E-state index contributed by atoms with van der Waals surface area (Å²) in [6.07, 6.45) is 4.37. The monoisotopic (exact) mass is 627 g/mol. The number of nitrogens with two attached hydrogens (primary N) is 1. The number of phosphoric ester groups is 1. The van der Waals surface area contributed by atoms with Gasteiger partial charge in [-0.05, 0) is 25.6 Å². The second-order valence-corrected chi connectivity index (χ2v) is 12.5. The SMILES string of the molecule is [2H]C([2H])(OP(=O)(O)OCC(N)C(O)C(O)CCCCCCCCCCCC)[C@H]1O[C@@H](n2ccc(=O)[nH]c2=S)C(C)(O)[C@H]1O. The summed E-state index contributed by atoms with van der Waals surface area (Å²) >= 11 is 5.05. The second kappa shape index (κ2) is 17.3. The van der Waals surface area contributed by atoms with Crippen molar-refractivity contribution >= 4 is 20.0 Å². The number of aromatic nitrogens is 2. The van der Waals surface area contributed by atoms with Crippen LogP contribution < -0.4 is 11.3 Å². The van der Waals surface area contributed by atoms with Crippen molar-refractivity contribution in [3.05, 3.63) is 27.4 Å². The molecule has 2 heterocycles. The Bertz CT molecular complexity index is 1160. The Morgan fingerprint density at radius 1 is 1.20 bits per heavy atom. The van der Waals surface area contributed by atoms with E-state index in [4.69, 9.17) is 30.0 Å². The molecule has 0 aromatic carbocycles. The van der Waals surface area contributed by atoms with Gasteiger partial charge in [0.2, 0.25) is 0 Å². The van der Waals surface area contributed by atoms with Gasteiger partial charge in [0.1, 0.15) is 17.8 Å². The highest BCUT2D eigenvalue weighted by Gasteiger charge is 2.53. The summed E-state index contributed by atoms with van der Waals surface area (Å²) in [5.74, 6) is 0. The predicted molar refractivity (Wildman–Crippen MR) is 155 cm³/mol. The van der Waals surface area contributed by atoms with Gasteiger partial charge in [-0.2, -0.15) is 0 Å². The van der Waals surface area contributed by atoms with Gasteiger partial charge in [0.15, 0.2) is 11.0 Å². The molecule has 8 atom stereocenters. The van der Waals surface area contributed by atoms with Gasteiger partial charge in [0, 0.05) is 12.3 Å². The molecule has 1 aliphatic heterocycles. The van der Waals surface area contributed by atoms with Crippen molar-refractivity contribution in [3.8, 4) is 0 Å². The Labute approximate surface area is 249 Å². The van der Waals surface area contributed by atoms with Gasteiger partial charge in [0.25, 0.3) is 5.56 Å². The molecule has 1 fully saturated rings. The van der Waals surface area contributed by atoms with Gasteiger partial charge in [0.05, 0.1) is 34.2 Å². The summed E-state index contributed by atoms with van der Waals surface area (Å²) in [6, 6.07) is -0.226. The minimum Gasteiger partial charge on any atom is -0.390 e. The van der Waals surface area contributed by atoms with Crippen molar-refractivity contribution in [2.45, 2.75) is 127 Å². The zero-order chi connectivity index (χ0) is 32.4. The Hall–Kier alpha value is -1.03. The number of aliphatic hydroxyl groups excluding tert-OH is 3. The van der Waals surface area contributed by atoms with Gasteiger partial charge in [-0.25, -0.2) is 4.57 Å². The van der Waals surface area contributed by atoms with Crippen molar-refractivity contribution in [1.29, 1.82) is 0 Å². The quantitative estimate of drug-likeness (QED) is 0.0631. The zero-order valence-corrected chi connectivity index (χ0v) is 25.5.